The maximum absolute atomic E-state index is 14.0. The number of carboxylic acids is 1. The van der Waals surface area contributed by atoms with Crippen molar-refractivity contribution in [2.45, 2.75) is 51.5 Å². The third kappa shape index (κ3) is 7.79. The van der Waals surface area contributed by atoms with Crippen LogP contribution in [-0.2, 0) is 11.3 Å². The standard InChI is InChI=1S/C33H33F2N3O5/c1-20(2)38-28(14-13-26(39)16-27(40)17-29(41)42)30(22-5-9-24(34)10-6-22)31(23-7-11-25(35)12-8-23)32(38)33(43)37-19-21-4-3-15-36-18-21/h3-15,18,20,26-27,39-40H,16-17,19H2,1-2H3,(H,37,43)(H,41,42)/p-1/b14-13+/t26-,27-/m1/s1. The van der Waals surface area contributed by atoms with E-state index < -0.39 is 42.1 Å². The molecule has 10 heteroatoms. The van der Waals surface area contributed by atoms with Gasteiger partial charge < -0.3 is 30.0 Å². The van der Waals surface area contributed by atoms with Crippen LogP contribution in [0.25, 0.3) is 28.3 Å². The van der Waals surface area contributed by atoms with Crippen LogP contribution in [0, 0.1) is 11.6 Å². The van der Waals surface area contributed by atoms with E-state index in [0.717, 1.165) is 5.56 Å². The van der Waals surface area contributed by atoms with Gasteiger partial charge in [-0.25, -0.2) is 8.78 Å². The number of carbonyl (C=O) groups excluding carboxylic acids is 2. The van der Waals surface area contributed by atoms with Gasteiger partial charge in [0.25, 0.3) is 5.91 Å². The molecular formula is C33H32F2N3O5-. The molecule has 3 N–H and O–H groups in total. The number of nitrogens with one attached hydrogen (secondary N) is 1. The monoisotopic (exact) mass is 588 g/mol. The molecule has 0 saturated heterocycles. The number of aliphatic hydroxyl groups excluding tert-OH is 2. The Labute approximate surface area is 248 Å². The Balaban J connectivity index is 1.93. The van der Waals surface area contributed by atoms with E-state index in [4.69, 9.17) is 0 Å². The minimum absolute atomic E-state index is 0.185. The summed E-state index contributed by atoms with van der Waals surface area (Å²) in [6.07, 6.45) is 2.78. The van der Waals surface area contributed by atoms with E-state index in [2.05, 4.69) is 10.3 Å². The van der Waals surface area contributed by atoms with Gasteiger partial charge in [0.05, 0.1) is 12.2 Å². The molecule has 1 amide bonds. The number of nitrogens with zero attached hydrogens (tertiary/aromatic N) is 2. The lowest BCUT2D eigenvalue weighted by atomic mass is 9.94. The zero-order valence-electron chi connectivity index (χ0n) is 23.7. The van der Waals surface area contributed by atoms with E-state index in [-0.39, 0.29) is 24.7 Å². The molecule has 2 heterocycles. The first-order chi connectivity index (χ1) is 20.5. The molecule has 0 fully saturated rings. The van der Waals surface area contributed by atoms with Crippen molar-refractivity contribution in [3.05, 3.63) is 108 Å². The second-order valence-electron chi connectivity index (χ2n) is 10.4. The van der Waals surface area contributed by atoms with Crippen LogP contribution in [0.3, 0.4) is 0 Å². The van der Waals surface area contributed by atoms with Gasteiger partial charge in [-0.2, -0.15) is 0 Å². The van der Waals surface area contributed by atoms with Crippen LogP contribution < -0.4 is 10.4 Å². The summed E-state index contributed by atoms with van der Waals surface area (Å²) in [5.41, 5.74) is 3.62. The molecule has 0 aliphatic carbocycles. The number of aromatic nitrogens is 2. The Morgan fingerprint density at radius 3 is 2.12 bits per heavy atom. The molecule has 4 aromatic rings. The summed E-state index contributed by atoms with van der Waals surface area (Å²) in [7, 11) is 0. The van der Waals surface area contributed by atoms with Crippen LogP contribution in [-0.4, -0.2) is 43.8 Å². The Morgan fingerprint density at radius 1 is 0.977 bits per heavy atom. The number of hydrogen-bond donors (Lipinski definition) is 3. The topological polar surface area (TPSA) is 128 Å². The molecule has 4 rings (SSSR count). The Hall–Kier alpha value is -4.67. The predicted octanol–water partition coefficient (Wildman–Crippen LogP) is 4.27. The average molecular weight is 589 g/mol. The fraction of sp³-hybridized carbons (Fsp3) is 0.242. The minimum atomic E-state index is -1.44. The second-order valence-corrected chi connectivity index (χ2v) is 10.4. The van der Waals surface area contributed by atoms with Crippen LogP contribution in [0.5, 0.6) is 0 Å². The van der Waals surface area contributed by atoms with Gasteiger partial charge in [-0.05, 0) is 66.9 Å². The number of aliphatic hydroxyl groups is 2. The molecule has 0 aliphatic heterocycles. The summed E-state index contributed by atoms with van der Waals surface area (Å²) in [4.78, 5) is 28.9. The number of aliphatic carboxylic acids is 1. The van der Waals surface area contributed by atoms with Crippen molar-refractivity contribution in [1.82, 2.24) is 14.9 Å². The number of benzene rings is 2. The highest BCUT2D eigenvalue weighted by molar-refractivity contribution is 6.06. The summed E-state index contributed by atoms with van der Waals surface area (Å²) in [6.45, 7) is 3.93. The van der Waals surface area contributed by atoms with E-state index in [0.29, 0.717) is 27.9 Å². The van der Waals surface area contributed by atoms with Crippen LogP contribution in [0.15, 0.2) is 79.1 Å². The van der Waals surface area contributed by atoms with E-state index in [9.17, 15) is 33.7 Å². The summed E-state index contributed by atoms with van der Waals surface area (Å²) in [5, 5.41) is 34.4. The first kappa shape index (κ1) is 31.3. The smallest absolute Gasteiger partial charge is 0.268 e. The molecule has 2 aromatic heterocycles. The molecule has 0 unspecified atom stereocenters. The Kier molecular flexibility index (Phi) is 10.2. The summed E-state index contributed by atoms with van der Waals surface area (Å²) < 4.78 is 29.8. The predicted molar refractivity (Wildman–Crippen MR) is 156 cm³/mol. The van der Waals surface area contributed by atoms with Gasteiger partial charge in [-0.15, -0.1) is 0 Å². The van der Waals surface area contributed by atoms with Gasteiger partial charge in [-0.3, -0.25) is 9.78 Å². The van der Waals surface area contributed by atoms with Crippen LogP contribution >= 0.6 is 0 Å². The molecule has 2 aromatic carbocycles. The van der Waals surface area contributed by atoms with Gasteiger partial charge in [0, 0.05) is 60.6 Å². The summed E-state index contributed by atoms with van der Waals surface area (Å²) >= 11 is 0. The lowest BCUT2D eigenvalue weighted by Gasteiger charge is -2.17. The Bertz CT molecular complexity index is 1580. The number of carboxylic acid groups (broad SMARTS) is 1. The normalized spacial score (nSPS) is 12.9. The van der Waals surface area contributed by atoms with Crippen molar-refractivity contribution in [2.75, 3.05) is 0 Å². The molecule has 224 valence electrons. The lowest BCUT2D eigenvalue weighted by molar-refractivity contribution is -0.307. The second kappa shape index (κ2) is 14.0. The van der Waals surface area contributed by atoms with Crippen molar-refractivity contribution >= 4 is 18.0 Å². The molecule has 0 saturated carbocycles. The highest BCUT2D eigenvalue weighted by Gasteiger charge is 2.29. The largest absolute Gasteiger partial charge is 0.550 e. The van der Waals surface area contributed by atoms with Crippen molar-refractivity contribution in [3.8, 4) is 22.3 Å². The molecule has 2 atom stereocenters. The van der Waals surface area contributed by atoms with Gasteiger partial charge in [0.1, 0.15) is 17.3 Å². The van der Waals surface area contributed by atoms with E-state index in [1.165, 1.54) is 30.3 Å². The van der Waals surface area contributed by atoms with Gasteiger partial charge in [0.2, 0.25) is 0 Å². The third-order valence-electron chi connectivity index (χ3n) is 6.81. The molecule has 0 radical (unpaired) electrons. The summed E-state index contributed by atoms with van der Waals surface area (Å²) in [6, 6.07) is 14.7. The fourth-order valence-electron chi connectivity index (χ4n) is 4.94. The van der Waals surface area contributed by atoms with E-state index >= 15 is 0 Å². The highest BCUT2D eigenvalue weighted by atomic mass is 19.1. The van der Waals surface area contributed by atoms with Crippen molar-refractivity contribution in [2.24, 2.45) is 0 Å². The number of halogens is 2. The first-order valence-electron chi connectivity index (χ1n) is 13.8. The van der Waals surface area contributed by atoms with E-state index in [1.807, 2.05) is 19.9 Å². The zero-order valence-corrected chi connectivity index (χ0v) is 23.7. The molecule has 43 heavy (non-hydrogen) atoms. The summed E-state index contributed by atoms with van der Waals surface area (Å²) in [5.74, 6) is -2.79. The number of rotatable bonds is 12. The molecule has 0 aliphatic rings. The molecule has 0 spiro atoms. The average Bonchev–Trinajstić information content (AvgIpc) is 3.31. The Morgan fingerprint density at radius 2 is 1.58 bits per heavy atom. The van der Waals surface area contributed by atoms with Gasteiger partial charge in [-0.1, -0.05) is 36.4 Å². The quantitative estimate of drug-likeness (QED) is 0.227. The molecular weight excluding hydrogens is 556 g/mol. The zero-order chi connectivity index (χ0) is 31.1. The molecule has 0 bridgehead atoms. The molecule has 8 nitrogen and oxygen atoms in total. The number of carbonyl (C=O) groups is 2. The maximum Gasteiger partial charge on any atom is 0.268 e. The highest BCUT2D eigenvalue weighted by Crippen LogP contribution is 2.42. The number of hydrogen-bond acceptors (Lipinski definition) is 6. The third-order valence-corrected chi connectivity index (χ3v) is 6.81. The number of pyridine rings is 1. The van der Waals surface area contributed by atoms with E-state index in [1.54, 1.807) is 53.4 Å². The lowest BCUT2D eigenvalue weighted by Crippen LogP contribution is -2.29. The maximum atomic E-state index is 14.0. The van der Waals surface area contributed by atoms with Gasteiger partial charge in [0.15, 0.2) is 0 Å². The van der Waals surface area contributed by atoms with Crippen LogP contribution in [0.4, 0.5) is 8.78 Å². The van der Waals surface area contributed by atoms with Gasteiger partial charge >= 0.3 is 0 Å². The first-order valence-corrected chi connectivity index (χ1v) is 13.8. The fourth-order valence-corrected chi connectivity index (χ4v) is 4.94. The number of amides is 1. The minimum Gasteiger partial charge on any atom is -0.550 e. The SMILES string of the molecule is CC(C)n1c(/C=C/[C@@H](O)C[C@@H](O)CC(=O)[O-])c(-c2ccc(F)cc2)c(-c2ccc(F)cc2)c1C(=O)NCc1cccnc1. The van der Waals surface area contributed by atoms with Crippen molar-refractivity contribution in [3.63, 3.8) is 0 Å². The van der Waals surface area contributed by atoms with Crippen LogP contribution in [0.1, 0.15) is 54.5 Å². The van der Waals surface area contributed by atoms with Crippen molar-refractivity contribution < 1.29 is 33.7 Å². The van der Waals surface area contributed by atoms with Crippen molar-refractivity contribution in [1.29, 1.82) is 0 Å². The van der Waals surface area contributed by atoms with Crippen LogP contribution in [0.2, 0.25) is 0 Å².